The molecule has 1 aromatic carbocycles. The molecule has 2 heterocycles. The zero-order valence-electron chi connectivity index (χ0n) is 14.5. The van der Waals surface area contributed by atoms with Crippen LogP contribution >= 0.6 is 0 Å². The van der Waals surface area contributed by atoms with Crippen LogP contribution in [0.5, 0.6) is 0 Å². The predicted octanol–water partition coefficient (Wildman–Crippen LogP) is 3.19. The van der Waals surface area contributed by atoms with Crippen molar-refractivity contribution in [2.75, 3.05) is 11.1 Å². The van der Waals surface area contributed by atoms with Crippen LogP contribution in [0.2, 0.25) is 0 Å². The van der Waals surface area contributed by atoms with Crippen molar-refractivity contribution in [3.05, 3.63) is 41.8 Å². The van der Waals surface area contributed by atoms with Gasteiger partial charge in [-0.05, 0) is 24.6 Å². The minimum atomic E-state index is -0.790. The first-order valence-electron chi connectivity index (χ1n) is 8.48. The summed E-state index contributed by atoms with van der Waals surface area (Å²) in [5, 5.41) is 8.34. The molecule has 0 radical (unpaired) electrons. The SMILES string of the molecule is CCCCCn1ncc2c(Nc3nc(N)c(F)cc3C(N)=O)cccc21. The highest BCUT2D eigenvalue weighted by Gasteiger charge is 2.16. The van der Waals surface area contributed by atoms with Crippen molar-refractivity contribution >= 4 is 34.1 Å². The fourth-order valence-electron chi connectivity index (χ4n) is 2.82. The van der Waals surface area contributed by atoms with Gasteiger partial charge < -0.3 is 16.8 Å². The Morgan fingerprint density at radius 1 is 1.35 bits per heavy atom. The number of primary amides is 1. The lowest BCUT2D eigenvalue weighted by Crippen LogP contribution is -2.16. The summed E-state index contributed by atoms with van der Waals surface area (Å²) in [5.74, 6) is -1.77. The summed E-state index contributed by atoms with van der Waals surface area (Å²) in [6.07, 6.45) is 5.08. The van der Waals surface area contributed by atoms with Gasteiger partial charge in [-0.1, -0.05) is 25.8 Å². The molecule has 136 valence electrons. The molecule has 0 bridgehead atoms. The molecule has 7 nitrogen and oxygen atoms in total. The summed E-state index contributed by atoms with van der Waals surface area (Å²) in [4.78, 5) is 15.5. The Kier molecular flexibility index (Phi) is 5.01. The van der Waals surface area contributed by atoms with Crippen LogP contribution in [0.15, 0.2) is 30.5 Å². The molecule has 8 heteroatoms. The van der Waals surface area contributed by atoms with E-state index in [2.05, 4.69) is 22.3 Å². The number of nitrogens with zero attached hydrogens (tertiary/aromatic N) is 3. The van der Waals surface area contributed by atoms with E-state index < -0.39 is 11.7 Å². The fourth-order valence-corrected chi connectivity index (χ4v) is 2.82. The predicted molar refractivity (Wildman–Crippen MR) is 99.7 cm³/mol. The zero-order chi connectivity index (χ0) is 18.7. The number of amides is 1. The molecule has 3 rings (SSSR count). The molecule has 0 spiro atoms. The number of hydrogen-bond acceptors (Lipinski definition) is 5. The van der Waals surface area contributed by atoms with Gasteiger partial charge in [0.1, 0.15) is 5.82 Å². The number of fused-ring (bicyclic) bond motifs is 1. The zero-order valence-corrected chi connectivity index (χ0v) is 14.5. The maximum absolute atomic E-state index is 13.6. The van der Waals surface area contributed by atoms with Gasteiger partial charge in [-0.15, -0.1) is 0 Å². The van der Waals surface area contributed by atoms with Crippen LogP contribution in [0.4, 0.5) is 21.7 Å². The highest BCUT2D eigenvalue weighted by atomic mass is 19.1. The molecule has 1 amide bonds. The molecule has 0 unspecified atom stereocenters. The first kappa shape index (κ1) is 17.7. The molecule has 0 saturated carbocycles. The Hall–Kier alpha value is -3.16. The number of nitrogen functional groups attached to an aromatic ring is 1. The van der Waals surface area contributed by atoms with Crippen LogP contribution in [-0.4, -0.2) is 20.7 Å². The van der Waals surface area contributed by atoms with Gasteiger partial charge in [-0.25, -0.2) is 9.37 Å². The summed E-state index contributed by atoms with van der Waals surface area (Å²) < 4.78 is 15.6. The largest absolute Gasteiger partial charge is 0.381 e. The van der Waals surface area contributed by atoms with Crippen LogP contribution in [-0.2, 0) is 6.54 Å². The molecule has 26 heavy (non-hydrogen) atoms. The van der Waals surface area contributed by atoms with E-state index in [-0.39, 0.29) is 17.2 Å². The number of hydrogen-bond donors (Lipinski definition) is 3. The Bertz CT molecular complexity index is 952. The number of pyridine rings is 1. The second-order valence-electron chi connectivity index (χ2n) is 6.05. The number of unbranched alkanes of at least 4 members (excludes halogenated alkanes) is 2. The number of aryl methyl sites for hydroxylation is 1. The molecule has 0 atom stereocenters. The Balaban J connectivity index is 1.97. The Morgan fingerprint density at radius 3 is 2.88 bits per heavy atom. The number of benzene rings is 1. The number of nitrogens with two attached hydrogens (primary N) is 2. The number of carbonyl (C=O) groups is 1. The molecular formula is C18H21FN6O. The van der Waals surface area contributed by atoms with Gasteiger partial charge in [0.15, 0.2) is 11.6 Å². The molecule has 0 aliphatic rings. The van der Waals surface area contributed by atoms with Crippen molar-refractivity contribution < 1.29 is 9.18 Å². The van der Waals surface area contributed by atoms with E-state index in [9.17, 15) is 9.18 Å². The number of nitrogens with one attached hydrogen (secondary N) is 1. The number of halogens is 1. The molecule has 3 aromatic rings. The van der Waals surface area contributed by atoms with E-state index in [0.717, 1.165) is 42.8 Å². The third-order valence-corrected chi connectivity index (χ3v) is 4.18. The highest BCUT2D eigenvalue weighted by Crippen LogP contribution is 2.28. The molecule has 5 N–H and O–H groups in total. The third kappa shape index (κ3) is 3.44. The number of rotatable bonds is 7. The second-order valence-corrected chi connectivity index (χ2v) is 6.05. The highest BCUT2D eigenvalue weighted by molar-refractivity contribution is 6.00. The van der Waals surface area contributed by atoms with Crippen molar-refractivity contribution in [2.45, 2.75) is 32.7 Å². The van der Waals surface area contributed by atoms with Crippen molar-refractivity contribution in [1.29, 1.82) is 0 Å². The van der Waals surface area contributed by atoms with Crippen molar-refractivity contribution in [1.82, 2.24) is 14.8 Å². The second kappa shape index (κ2) is 7.38. The third-order valence-electron chi connectivity index (χ3n) is 4.18. The van der Waals surface area contributed by atoms with Crippen LogP contribution in [0, 0.1) is 5.82 Å². The Morgan fingerprint density at radius 2 is 2.15 bits per heavy atom. The lowest BCUT2D eigenvalue weighted by molar-refractivity contribution is 0.100. The van der Waals surface area contributed by atoms with Gasteiger partial charge in [0.2, 0.25) is 0 Å². The first-order valence-corrected chi connectivity index (χ1v) is 8.48. The maximum Gasteiger partial charge on any atom is 0.252 e. The van der Waals surface area contributed by atoms with Gasteiger partial charge in [0, 0.05) is 11.9 Å². The smallest absolute Gasteiger partial charge is 0.252 e. The average molecular weight is 356 g/mol. The van der Waals surface area contributed by atoms with Gasteiger partial charge >= 0.3 is 0 Å². The van der Waals surface area contributed by atoms with E-state index in [1.165, 1.54) is 0 Å². The maximum atomic E-state index is 13.6. The monoisotopic (exact) mass is 356 g/mol. The Labute approximate surface area is 150 Å². The molecule has 0 fully saturated rings. The summed E-state index contributed by atoms with van der Waals surface area (Å²) >= 11 is 0. The quantitative estimate of drug-likeness (QED) is 0.563. The van der Waals surface area contributed by atoms with E-state index in [0.29, 0.717) is 5.69 Å². The molecule has 0 aliphatic carbocycles. The minimum absolute atomic E-state index is 0.0657. The summed E-state index contributed by atoms with van der Waals surface area (Å²) in [7, 11) is 0. The van der Waals surface area contributed by atoms with Crippen LogP contribution in [0.1, 0.15) is 36.5 Å². The van der Waals surface area contributed by atoms with Crippen molar-refractivity contribution in [3.63, 3.8) is 0 Å². The summed E-state index contributed by atoms with van der Waals surface area (Å²) in [6, 6.07) is 6.66. The number of carbonyl (C=O) groups excluding carboxylic acids is 1. The summed E-state index contributed by atoms with van der Waals surface area (Å²) in [6.45, 7) is 2.98. The number of aromatic nitrogens is 3. The van der Waals surface area contributed by atoms with Crippen LogP contribution in [0.3, 0.4) is 0 Å². The van der Waals surface area contributed by atoms with Gasteiger partial charge in [-0.2, -0.15) is 5.10 Å². The van der Waals surface area contributed by atoms with Gasteiger partial charge in [-0.3, -0.25) is 9.48 Å². The number of anilines is 3. The minimum Gasteiger partial charge on any atom is -0.381 e. The summed E-state index contributed by atoms with van der Waals surface area (Å²) in [5.41, 5.74) is 12.4. The van der Waals surface area contributed by atoms with Crippen molar-refractivity contribution in [3.8, 4) is 0 Å². The molecule has 0 saturated heterocycles. The lowest BCUT2D eigenvalue weighted by atomic mass is 10.2. The standard InChI is InChI=1S/C18H21FN6O/c1-2-3-4-8-25-15-7-5-6-14(12(15)10-22-25)23-18-11(17(21)26)9-13(19)16(20)24-18/h5-7,9-10H,2-4,8H2,1H3,(H2,21,26)(H3,20,23,24). The molecular weight excluding hydrogens is 335 g/mol. The molecule has 0 aliphatic heterocycles. The van der Waals surface area contributed by atoms with E-state index >= 15 is 0 Å². The van der Waals surface area contributed by atoms with Gasteiger partial charge in [0.25, 0.3) is 5.91 Å². The van der Waals surface area contributed by atoms with Gasteiger partial charge in [0.05, 0.1) is 23.0 Å². The molecule has 2 aromatic heterocycles. The topological polar surface area (TPSA) is 112 Å². The van der Waals surface area contributed by atoms with Crippen LogP contribution in [0.25, 0.3) is 10.9 Å². The lowest BCUT2D eigenvalue weighted by Gasteiger charge is -2.11. The van der Waals surface area contributed by atoms with Crippen molar-refractivity contribution in [2.24, 2.45) is 5.73 Å². The normalized spacial score (nSPS) is 11.0. The van der Waals surface area contributed by atoms with E-state index in [4.69, 9.17) is 11.5 Å². The van der Waals surface area contributed by atoms with Crippen LogP contribution < -0.4 is 16.8 Å². The fraction of sp³-hybridized carbons (Fsp3) is 0.278. The average Bonchev–Trinajstić information content (AvgIpc) is 3.02. The first-order chi connectivity index (χ1) is 12.5. The van der Waals surface area contributed by atoms with E-state index in [1.54, 1.807) is 6.20 Å². The van der Waals surface area contributed by atoms with E-state index in [1.807, 2.05) is 22.9 Å².